The molecule has 5 heteroatoms. The van der Waals surface area contributed by atoms with Gasteiger partial charge >= 0.3 is 0 Å². The Kier molecular flexibility index (Phi) is 15.9. The smallest absolute Gasteiger partial charge is 0.0624 e. The Bertz CT molecular complexity index is 9.61. The second-order valence-corrected chi connectivity index (χ2v) is 0.209. The number of nitrogens with one attached hydrogen (secondary N) is 1. The van der Waals surface area contributed by atoms with Gasteiger partial charge in [0.2, 0.25) is 0 Å². The molecule has 0 saturated heterocycles. The molecule has 0 heterocycles. The topological polar surface area (TPSA) is 67.5 Å². The molecular weight excluding hydrogens is 95.5 g/mol. The highest BCUT2D eigenvalue weighted by Crippen LogP contribution is 1.20. The Hall–Kier alpha value is 0.130. The number of halogens is 1. The summed E-state index contributed by atoms with van der Waals surface area (Å²) in [6.07, 6.45) is 0. The SMILES string of the molecule is Cl.NONO. The average Bonchev–Trinajstić information content (AvgIpc) is 1.37. The molecule has 0 unspecified atom stereocenters. The van der Waals surface area contributed by atoms with Gasteiger partial charge in [-0.3, -0.25) is 5.21 Å². The van der Waals surface area contributed by atoms with Crippen molar-refractivity contribution in [1.82, 2.24) is 5.64 Å². The van der Waals surface area contributed by atoms with Crippen LogP contribution in [0.15, 0.2) is 0 Å². The van der Waals surface area contributed by atoms with E-state index in [2.05, 4.69) is 10.8 Å². The summed E-state index contributed by atoms with van der Waals surface area (Å²) in [5, 5.41) is 7.28. The lowest BCUT2D eigenvalue weighted by atomic mass is 13.1. The van der Waals surface area contributed by atoms with Gasteiger partial charge < -0.3 is 0 Å². The van der Waals surface area contributed by atoms with Crippen molar-refractivity contribution in [2.24, 2.45) is 5.90 Å². The lowest BCUT2D eigenvalue weighted by Crippen LogP contribution is -2.12. The maximum Gasteiger partial charge on any atom is -0.0624 e. The molecule has 0 rings (SSSR count). The van der Waals surface area contributed by atoms with Crippen LogP contribution < -0.4 is 11.5 Å². The molecule has 0 aliphatic heterocycles. The van der Waals surface area contributed by atoms with E-state index in [0.717, 1.165) is 0 Å². The molecule has 0 radical (unpaired) electrons. The highest BCUT2D eigenvalue weighted by Gasteiger charge is 1.46. The van der Waals surface area contributed by atoms with Crippen molar-refractivity contribution in [3.63, 3.8) is 0 Å². The van der Waals surface area contributed by atoms with Gasteiger partial charge in [0.05, 0.1) is 0 Å². The van der Waals surface area contributed by atoms with Crippen LogP contribution in [0.2, 0.25) is 0 Å². The van der Waals surface area contributed by atoms with E-state index >= 15 is 0 Å². The molecule has 0 aliphatic rings. The standard InChI is InChI=1S/ClH.H4N2O2/c;1-4-2-3/h1H;2-3H,1H2. The molecule has 0 aromatic rings. The second-order valence-electron chi connectivity index (χ2n) is 0.209. The number of hydrogen-bond donors (Lipinski definition) is 3. The highest BCUT2D eigenvalue weighted by molar-refractivity contribution is 5.85. The number of nitrogens with two attached hydrogens (primary N) is 1. The number of rotatable bonds is 1. The highest BCUT2D eigenvalue weighted by atomic mass is 35.5. The predicted octanol–water partition coefficient (Wildman–Crippen LogP) is -0.808. The van der Waals surface area contributed by atoms with E-state index in [4.69, 9.17) is 5.21 Å². The summed E-state index contributed by atoms with van der Waals surface area (Å²) in [7, 11) is 0. The Morgan fingerprint density at radius 3 is 2.00 bits per heavy atom. The van der Waals surface area contributed by atoms with Crippen molar-refractivity contribution in [3.8, 4) is 0 Å². The minimum atomic E-state index is 0. The van der Waals surface area contributed by atoms with Crippen molar-refractivity contribution in [2.75, 3.05) is 0 Å². The molecule has 0 amide bonds. The average molecular weight is 101 g/mol. The van der Waals surface area contributed by atoms with Gasteiger partial charge in [-0.25, -0.2) is 0 Å². The van der Waals surface area contributed by atoms with Gasteiger partial charge in [0.25, 0.3) is 0 Å². The molecule has 4 nitrogen and oxygen atoms in total. The normalized spacial score (nSPS) is 6.00. The van der Waals surface area contributed by atoms with Gasteiger partial charge in [0.15, 0.2) is 0 Å². The summed E-state index contributed by atoms with van der Waals surface area (Å²) in [4.78, 5) is 3.35. The van der Waals surface area contributed by atoms with Crippen LogP contribution in [0.1, 0.15) is 0 Å². The zero-order valence-corrected chi connectivity index (χ0v) is 3.16. The molecule has 0 atom stereocenters. The summed E-state index contributed by atoms with van der Waals surface area (Å²) in [6, 6.07) is 0. The van der Waals surface area contributed by atoms with E-state index in [1.807, 2.05) is 0 Å². The quantitative estimate of drug-likeness (QED) is 0.377. The third-order valence-electron chi connectivity index (χ3n) is 0.0527. The summed E-state index contributed by atoms with van der Waals surface area (Å²) < 4.78 is 0. The molecule has 4 N–H and O–H groups in total. The van der Waals surface area contributed by atoms with Crippen LogP contribution in [0.3, 0.4) is 0 Å². The van der Waals surface area contributed by atoms with Gasteiger partial charge in [0, 0.05) is 0 Å². The fourth-order valence-corrected chi connectivity index (χ4v) is 0. The van der Waals surface area contributed by atoms with Crippen molar-refractivity contribution < 1.29 is 10.1 Å². The molecule has 0 aromatic carbocycles. The monoisotopic (exact) mass is 100 g/mol. The molecule has 34 valence electrons. The summed E-state index contributed by atoms with van der Waals surface area (Å²) >= 11 is 0. The van der Waals surface area contributed by atoms with Crippen LogP contribution in [0.4, 0.5) is 0 Å². The lowest BCUT2D eigenvalue weighted by molar-refractivity contribution is -0.129. The van der Waals surface area contributed by atoms with E-state index < -0.39 is 0 Å². The minimum Gasteiger partial charge on any atom is -0.291 e. The van der Waals surface area contributed by atoms with Crippen molar-refractivity contribution in [1.29, 1.82) is 0 Å². The first-order valence-corrected chi connectivity index (χ1v) is 0.663. The second kappa shape index (κ2) is 8.92. The van der Waals surface area contributed by atoms with Gasteiger partial charge in [-0.15, -0.1) is 12.4 Å². The van der Waals surface area contributed by atoms with Gasteiger partial charge in [0.1, 0.15) is 0 Å². The molecule has 0 aromatic heterocycles. The van der Waals surface area contributed by atoms with E-state index in [1.165, 1.54) is 5.64 Å². The summed E-state index contributed by atoms with van der Waals surface area (Å²) in [6.45, 7) is 0. The lowest BCUT2D eigenvalue weighted by Gasteiger charge is -1.78. The maximum absolute atomic E-state index is 7.28. The first-order chi connectivity index (χ1) is 1.91. The first-order valence-electron chi connectivity index (χ1n) is 0.663. The van der Waals surface area contributed by atoms with E-state index in [9.17, 15) is 0 Å². The minimum absolute atomic E-state index is 0. The zero-order valence-electron chi connectivity index (χ0n) is 2.34. The fraction of sp³-hybridized carbons (Fsp3) is 0. The van der Waals surface area contributed by atoms with Crippen molar-refractivity contribution >= 4 is 12.4 Å². The largest absolute Gasteiger partial charge is 0.291 e. The van der Waals surface area contributed by atoms with E-state index in [-0.39, 0.29) is 12.4 Å². The third-order valence-corrected chi connectivity index (χ3v) is 0.0527. The molecule has 5 heavy (non-hydrogen) atoms. The predicted molar refractivity (Wildman–Crippen MR) is 17.4 cm³/mol. The molecule has 0 aliphatic carbocycles. The molecule has 0 saturated carbocycles. The van der Waals surface area contributed by atoms with Crippen LogP contribution in [0.25, 0.3) is 0 Å². The Morgan fingerprint density at radius 1 is 1.80 bits per heavy atom. The van der Waals surface area contributed by atoms with E-state index in [1.54, 1.807) is 0 Å². The van der Waals surface area contributed by atoms with Crippen molar-refractivity contribution in [3.05, 3.63) is 0 Å². The van der Waals surface area contributed by atoms with Crippen LogP contribution in [-0.2, 0) is 4.94 Å². The molecule has 0 spiro atoms. The third kappa shape index (κ3) is 14.7. The van der Waals surface area contributed by atoms with Gasteiger partial charge in [-0.05, 0) is 0 Å². The fourth-order valence-electron chi connectivity index (χ4n) is 0. The Balaban J connectivity index is 0. The zero-order chi connectivity index (χ0) is 3.41. The Labute approximate surface area is 35.2 Å². The van der Waals surface area contributed by atoms with Crippen LogP contribution in [-0.4, -0.2) is 5.21 Å². The van der Waals surface area contributed by atoms with Crippen molar-refractivity contribution in [2.45, 2.75) is 0 Å². The Morgan fingerprint density at radius 2 is 2.00 bits per heavy atom. The van der Waals surface area contributed by atoms with Crippen LogP contribution in [0.5, 0.6) is 0 Å². The molecule has 0 bridgehead atoms. The first kappa shape index (κ1) is 8.93. The summed E-state index contributed by atoms with van der Waals surface area (Å²) in [5.74, 6) is 4.17. The molecular formula is H5ClN2O2. The maximum atomic E-state index is 7.28. The summed E-state index contributed by atoms with van der Waals surface area (Å²) in [5.41, 5.74) is 1.21. The molecule has 0 fully saturated rings. The van der Waals surface area contributed by atoms with Crippen LogP contribution >= 0.6 is 12.4 Å². The van der Waals surface area contributed by atoms with Gasteiger partial charge in [-0.2, -0.15) is 10.8 Å². The number of hydrogen-bond acceptors (Lipinski definition) is 4. The van der Waals surface area contributed by atoms with Gasteiger partial charge in [-0.1, -0.05) is 5.64 Å². The van der Waals surface area contributed by atoms with E-state index in [0.29, 0.717) is 0 Å². The van der Waals surface area contributed by atoms with Crippen LogP contribution in [0, 0.1) is 0 Å².